The molecule has 0 amide bonds. The quantitative estimate of drug-likeness (QED) is 0.674. The minimum Gasteiger partial charge on any atom is -0.461 e. The third-order valence-corrected chi connectivity index (χ3v) is 4.00. The molecule has 0 fully saturated rings. The fourth-order valence-electron chi connectivity index (χ4n) is 2.51. The molecule has 0 aliphatic heterocycles. The van der Waals surface area contributed by atoms with Gasteiger partial charge in [-0.15, -0.1) is 0 Å². The van der Waals surface area contributed by atoms with Crippen molar-refractivity contribution in [3.8, 4) is 0 Å². The Labute approximate surface area is 151 Å². The number of carbonyl (C=O) groups is 1. The molecule has 3 aromatic rings. The number of halogens is 1. The van der Waals surface area contributed by atoms with E-state index < -0.39 is 5.97 Å². The molecule has 3 rings (SSSR count). The zero-order valence-corrected chi connectivity index (χ0v) is 15.0. The predicted octanol–water partition coefficient (Wildman–Crippen LogP) is 4.70. The predicted molar refractivity (Wildman–Crippen MR) is 99.3 cm³/mol. The van der Waals surface area contributed by atoms with Crippen molar-refractivity contribution in [1.82, 2.24) is 9.97 Å². The number of fused-ring (bicyclic) bond motifs is 1. The highest BCUT2D eigenvalue weighted by Crippen LogP contribution is 2.24. The van der Waals surface area contributed by atoms with E-state index in [0.717, 1.165) is 11.1 Å². The minimum atomic E-state index is -0.557. The molecule has 1 heterocycles. The molecule has 1 aromatic heterocycles. The Morgan fingerprint density at radius 3 is 2.46 bits per heavy atom. The maximum absolute atomic E-state index is 13.5. The number of esters is 1. The Bertz CT molecular complexity index is 973. The van der Waals surface area contributed by atoms with Crippen LogP contribution in [0.2, 0.25) is 0 Å². The average Bonchev–Trinajstić information content (AvgIpc) is 2.60. The van der Waals surface area contributed by atoms with Crippen molar-refractivity contribution < 1.29 is 13.9 Å². The van der Waals surface area contributed by atoms with E-state index in [2.05, 4.69) is 15.3 Å². The first-order valence-corrected chi connectivity index (χ1v) is 8.46. The van der Waals surface area contributed by atoms with E-state index in [1.165, 1.54) is 12.1 Å². The number of aryl methyl sites for hydroxylation is 2. The van der Waals surface area contributed by atoms with Crippen LogP contribution in [0.4, 0.5) is 15.9 Å². The van der Waals surface area contributed by atoms with Gasteiger partial charge in [0.25, 0.3) is 0 Å². The second-order valence-electron chi connectivity index (χ2n) is 6.12. The van der Waals surface area contributed by atoms with Gasteiger partial charge in [-0.3, -0.25) is 0 Å². The van der Waals surface area contributed by atoms with Gasteiger partial charge < -0.3 is 10.1 Å². The molecule has 0 saturated heterocycles. The Balaban J connectivity index is 2.10. The van der Waals surface area contributed by atoms with Crippen LogP contribution in [0.5, 0.6) is 0 Å². The number of anilines is 2. The number of hydrogen-bond acceptors (Lipinski definition) is 5. The maximum atomic E-state index is 13.5. The van der Waals surface area contributed by atoms with E-state index in [4.69, 9.17) is 4.74 Å². The van der Waals surface area contributed by atoms with Gasteiger partial charge >= 0.3 is 5.97 Å². The monoisotopic (exact) mass is 353 g/mol. The van der Waals surface area contributed by atoms with Gasteiger partial charge in [0.15, 0.2) is 11.5 Å². The van der Waals surface area contributed by atoms with Crippen LogP contribution >= 0.6 is 0 Å². The Hall–Kier alpha value is -3.02. The van der Waals surface area contributed by atoms with Crippen LogP contribution in [-0.2, 0) is 4.74 Å². The summed E-state index contributed by atoms with van der Waals surface area (Å²) < 4.78 is 18.7. The average molecular weight is 353 g/mol. The summed E-state index contributed by atoms with van der Waals surface area (Å²) in [4.78, 5) is 21.4. The maximum Gasteiger partial charge on any atom is 0.360 e. The van der Waals surface area contributed by atoms with Crippen LogP contribution in [-0.4, -0.2) is 22.5 Å². The molecule has 0 saturated carbocycles. The molecule has 0 unspecified atom stereocenters. The molecule has 5 nitrogen and oxygen atoms in total. The summed E-state index contributed by atoms with van der Waals surface area (Å²) in [7, 11) is 0. The summed E-state index contributed by atoms with van der Waals surface area (Å²) in [6, 6.07) is 9.74. The van der Waals surface area contributed by atoms with Crippen molar-refractivity contribution in [2.45, 2.75) is 27.2 Å². The molecule has 0 atom stereocenters. The number of rotatable bonds is 5. The van der Waals surface area contributed by atoms with Gasteiger partial charge in [0.1, 0.15) is 5.82 Å². The lowest BCUT2D eigenvalue weighted by Crippen LogP contribution is -2.13. The zero-order valence-electron chi connectivity index (χ0n) is 15.0. The molecular formula is C20H20FN3O2. The fourth-order valence-corrected chi connectivity index (χ4v) is 2.51. The van der Waals surface area contributed by atoms with Crippen LogP contribution in [0.1, 0.15) is 35.0 Å². The third kappa shape index (κ3) is 3.79. The first-order valence-electron chi connectivity index (χ1n) is 8.46. The Morgan fingerprint density at radius 1 is 1.12 bits per heavy atom. The second-order valence-corrected chi connectivity index (χ2v) is 6.12. The lowest BCUT2D eigenvalue weighted by atomic mass is 10.1. The highest BCUT2D eigenvalue weighted by molar-refractivity contribution is 5.96. The van der Waals surface area contributed by atoms with Crippen molar-refractivity contribution in [3.63, 3.8) is 0 Å². The second kappa shape index (κ2) is 7.47. The van der Waals surface area contributed by atoms with Crippen LogP contribution in [0.3, 0.4) is 0 Å². The number of ether oxygens (including phenoxy) is 1. The van der Waals surface area contributed by atoms with Gasteiger partial charge in [0.2, 0.25) is 0 Å². The summed E-state index contributed by atoms with van der Waals surface area (Å²) in [5, 5.41) is 2.98. The molecule has 0 aliphatic carbocycles. The highest BCUT2D eigenvalue weighted by atomic mass is 19.1. The van der Waals surface area contributed by atoms with Crippen molar-refractivity contribution in [2.24, 2.45) is 0 Å². The largest absolute Gasteiger partial charge is 0.461 e. The smallest absolute Gasteiger partial charge is 0.360 e. The third-order valence-electron chi connectivity index (χ3n) is 4.00. The Kier molecular flexibility index (Phi) is 5.11. The normalized spacial score (nSPS) is 10.8. The van der Waals surface area contributed by atoms with E-state index in [-0.39, 0.29) is 17.3 Å². The summed E-state index contributed by atoms with van der Waals surface area (Å²) in [6.45, 7) is 6.17. The number of nitrogens with one attached hydrogen (secondary N) is 1. The summed E-state index contributed by atoms with van der Waals surface area (Å²) in [5.41, 5.74) is 3.96. The van der Waals surface area contributed by atoms with Gasteiger partial charge in [-0.05, 0) is 61.7 Å². The summed E-state index contributed by atoms with van der Waals surface area (Å²) in [6.07, 6.45) is 0.706. The van der Waals surface area contributed by atoms with Gasteiger partial charge in [-0.25, -0.2) is 19.2 Å². The summed E-state index contributed by atoms with van der Waals surface area (Å²) >= 11 is 0. The fraction of sp³-hybridized carbons (Fsp3) is 0.250. The Morgan fingerprint density at radius 2 is 1.81 bits per heavy atom. The van der Waals surface area contributed by atoms with Crippen LogP contribution in [0.15, 0.2) is 36.4 Å². The van der Waals surface area contributed by atoms with E-state index in [1.807, 2.05) is 32.9 Å². The molecule has 2 aromatic carbocycles. The van der Waals surface area contributed by atoms with Crippen molar-refractivity contribution >= 4 is 28.5 Å². The highest BCUT2D eigenvalue weighted by Gasteiger charge is 2.19. The number of aromatic nitrogens is 2. The van der Waals surface area contributed by atoms with Crippen LogP contribution in [0, 0.1) is 19.7 Å². The summed E-state index contributed by atoms with van der Waals surface area (Å²) in [5.74, 6) is -0.698. The number of nitrogens with zero attached hydrogens (tertiary/aromatic N) is 2. The van der Waals surface area contributed by atoms with Crippen LogP contribution < -0.4 is 5.32 Å². The molecule has 6 heteroatoms. The lowest BCUT2D eigenvalue weighted by Gasteiger charge is -2.12. The molecule has 1 N–H and O–H groups in total. The number of carbonyl (C=O) groups excluding carboxylic acids is 1. The van der Waals surface area contributed by atoms with Crippen molar-refractivity contribution in [3.05, 3.63) is 59.0 Å². The first kappa shape index (κ1) is 17.8. The van der Waals surface area contributed by atoms with Crippen molar-refractivity contribution in [2.75, 3.05) is 11.9 Å². The minimum absolute atomic E-state index is 0.0819. The van der Waals surface area contributed by atoms with Gasteiger partial charge in [-0.2, -0.15) is 0 Å². The zero-order chi connectivity index (χ0) is 18.7. The number of hydrogen-bond donors (Lipinski definition) is 1. The van der Waals surface area contributed by atoms with Gasteiger partial charge in [0.05, 0.1) is 17.6 Å². The van der Waals surface area contributed by atoms with Crippen molar-refractivity contribution in [1.29, 1.82) is 0 Å². The standard InChI is InChI=1S/C20H20FN3O2/c1-4-8-26-20(25)18-19(22-15-7-5-6-14(21)11-15)24-17-10-13(3)12(2)9-16(17)23-18/h5-7,9-11H,4,8H2,1-3H3,(H,22,24). The molecular weight excluding hydrogens is 333 g/mol. The molecule has 134 valence electrons. The van der Waals surface area contributed by atoms with Crippen LogP contribution in [0.25, 0.3) is 11.0 Å². The van der Waals surface area contributed by atoms with Gasteiger partial charge in [-0.1, -0.05) is 13.0 Å². The topological polar surface area (TPSA) is 64.1 Å². The molecule has 0 aliphatic rings. The van der Waals surface area contributed by atoms with E-state index >= 15 is 0 Å². The van der Waals surface area contributed by atoms with E-state index in [0.29, 0.717) is 29.7 Å². The molecule has 0 bridgehead atoms. The first-order chi connectivity index (χ1) is 12.5. The molecule has 26 heavy (non-hydrogen) atoms. The SMILES string of the molecule is CCCOC(=O)c1nc2cc(C)c(C)cc2nc1Nc1cccc(F)c1. The lowest BCUT2D eigenvalue weighted by molar-refractivity contribution is 0.0499. The number of benzene rings is 2. The van der Waals surface area contributed by atoms with E-state index in [1.54, 1.807) is 12.1 Å². The molecule has 0 spiro atoms. The van der Waals surface area contributed by atoms with E-state index in [9.17, 15) is 9.18 Å². The van der Waals surface area contributed by atoms with Gasteiger partial charge in [0, 0.05) is 5.69 Å². The molecule has 0 radical (unpaired) electrons.